The third kappa shape index (κ3) is 0.825. The first-order valence-corrected chi connectivity index (χ1v) is 5.08. The van der Waals surface area contributed by atoms with E-state index in [-0.39, 0.29) is 17.7 Å². The number of rotatable bonds is 1. The second kappa shape index (κ2) is 2.47. The lowest BCUT2D eigenvalue weighted by Gasteiger charge is -2.42. The number of ketones is 1. The molecule has 5 atom stereocenters. The van der Waals surface area contributed by atoms with E-state index in [4.69, 9.17) is 4.74 Å². The summed E-state index contributed by atoms with van der Waals surface area (Å²) in [4.78, 5) is 22.5. The van der Waals surface area contributed by atoms with Crippen LogP contribution in [-0.2, 0) is 14.3 Å². The molecule has 14 heavy (non-hydrogen) atoms. The monoisotopic (exact) mass is 192 g/mol. The molecule has 0 aromatic rings. The van der Waals surface area contributed by atoms with Crippen LogP contribution >= 0.6 is 0 Å². The van der Waals surface area contributed by atoms with Gasteiger partial charge in [0, 0.05) is 18.8 Å². The Labute approximate surface area is 82.1 Å². The summed E-state index contributed by atoms with van der Waals surface area (Å²) in [5, 5.41) is 0. The lowest BCUT2D eigenvalue weighted by molar-refractivity contribution is -0.173. The number of fused-ring (bicyclic) bond motifs is 5. The Morgan fingerprint density at radius 1 is 1.43 bits per heavy atom. The molecule has 0 amide bonds. The fraction of sp³-hybridized carbons (Fsp3) is 0.636. The van der Waals surface area contributed by atoms with Crippen LogP contribution in [0.4, 0.5) is 0 Å². The molecule has 3 aliphatic rings. The van der Waals surface area contributed by atoms with E-state index in [1.165, 1.54) is 6.92 Å². The minimum atomic E-state index is -0.433. The van der Waals surface area contributed by atoms with Crippen LogP contribution in [0.1, 0.15) is 13.3 Å². The summed E-state index contributed by atoms with van der Waals surface area (Å²) in [6.45, 7) is 1.36. The zero-order valence-electron chi connectivity index (χ0n) is 7.97. The van der Waals surface area contributed by atoms with Gasteiger partial charge < -0.3 is 4.74 Å². The molecule has 3 rings (SSSR count). The lowest BCUT2D eigenvalue weighted by atomic mass is 9.64. The average Bonchev–Trinajstić information content (AvgIpc) is 2.70. The fourth-order valence-corrected chi connectivity index (χ4v) is 3.25. The highest BCUT2D eigenvalue weighted by Gasteiger charge is 2.62. The number of esters is 1. The second-order valence-corrected chi connectivity index (χ2v) is 4.48. The third-order valence-electron chi connectivity index (χ3n) is 3.77. The van der Waals surface area contributed by atoms with E-state index in [0.29, 0.717) is 17.8 Å². The van der Waals surface area contributed by atoms with E-state index in [0.717, 1.165) is 6.42 Å². The van der Waals surface area contributed by atoms with Crippen LogP contribution < -0.4 is 0 Å². The van der Waals surface area contributed by atoms with E-state index in [9.17, 15) is 9.59 Å². The molecule has 2 saturated carbocycles. The molecule has 0 heterocycles. The summed E-state index contributed by atoms with van der Waals surface area (Å²) in [7, 11) is 0. The number of hydrogen-bond donors (Lipinski definition) is 0. The maximum Gasteiger partial charge on any atom is 0.303 e. The van der Waals surface area contributed by atoms with Crippen LogP contribution in [0.25, 0.3) is 0 Å². The van der Waals surface area contributed by atoms with Gasteiger partial charge in [0.15, 0.2) is 11.9 Å². The number of ether oxygens (including phenoxy) is 1. The summed E-state index contributed by atoms with van der Waals surface area (Å²) in [6, 6.07) is 0. The van der Waals surface area contributed by atoms with Gasteiger partial charge >= 0.3 is 5.97 Å². The van der Waals surface area contributed by atoms with Crippen molar-refractivity contribution in [3.8, 4) is 0 Å². The molecule has 0 saturated heterocycles. The van der Waals surface area contributed by atoms with Gasteiger partial charge in [-0.05, 0) is 18.3 Å². The van der Waals surface area contributed by atoms with Gasteiger partial charge in [0.05, 0.1) is 0 Å². The predicted octanol–water partition coefficient (Wildman–Crippen LogP) is 0.939. The van der Waals surface area contributed by atoms with Crippen molar-refractivity contribution in [3.63, 3.8) is 0 Å². The van der Waals surface area contributed by atoms with Gasteiger partial charge in [0.25, 0.3) is 0 Å². The number of allylic oxidation sites excluding steroid dienone is 2. The highest BCUT2D eigenvalue weighted by molar-refractivity contribution is 5.95. The topological polar surface area (TPSA) is 43.4 Å². The number of Topliss-reactive ketones (excluding diaryl/α,β-unsaturated/α-hetero) is 1. The molecular formula is C11H12O3. The van der Waals surface area contributed by atoms with Crippen LogP contribution in [0, 0.1) is 23.7 Å². The molecule has 3 nitrogen and oxygen atoms in total. The van der Waals surface area contributed by atoms with Crippen LogP contribution in [0.2, 0.25) is 0 Å². The van der Waals surface area contributed by atoms with Crippen molar-refractivity contribution in [1.29, 1.82) is 0 Å². The Morgan fingerprint density at radius 2 is 2.14 bits per heavy atom. The predicted molar refractivity (Wildman–Crippen MR) is 48.3 cm³/mol. The lowest BCUT2D eigenvalue weighted by Crippen LogP contribution is -2.55. The first-order chi connectivity index (χ1) is 6.68. The largest absolute Gasteiger partial charge is 0.454 e. The smallest absolute Gasteiger partial charge is 0.303 e. The number of carbonyl (C=O) groups is 2. The van der Waals surface area contributed by atoms with Crippen molar-refractivity contribution in [2.45, 2.75) is 19.4 Å². The molecule has 3 aliphatic carbocycles. The molecule has 0 aromatic carbocycles. The van der Waals surface area contributed by atoms with E-state index in [1.54, 1.807) is 0 Å². The van der Waals surface area contributed by atoms with E-state index < -0.39 is 6.10 Å². The summed E-state index contributed by atoms with van der Waals surface area (Å²) in [5.74, 6) is 1.17. The van der Waals surface area contributed by atoms with Gasteiger partial charge in [-0.2, -0.15) is 0 Å². The summed E-state index contributed by atoms with van der Waals surface area (Å²) in [6.07, 6.45) is 4.97. The maximum absolute atomic E-state index is 11.7. The van der Waals surface area contributed by atoms with Crippen molar-refractivity contribution in [1.82, 2.24) is 0 Å². The van der Waals surface area contributed by atoms with Crippen molar-refractivity contribution >= 4 is 11.8 Å². The first kappa shape index (κ1) is 8.21. The quantitative estimate of drug-likeness (QED) is 0.458. The van der Waals surface area contributed by atoms with Gasteiger partial charge in [0.1, 0.15) is 0 Å². The molecule has 0 spiro atoms. The molecule has 0 unspecified atom stereocenters. The number of carbonyl (C=O) groups excluding carboxylic acids is 2. The average molecular weight is 192 g/mol. The molecule has 0 aliphatic heterocycles. The Morgan fingerprint density at radius 3 is 2.86 bits per heavy atom. The van der Waals surface area contributed by atoms with E-state index in [2.05, 4.69) is 12.2 Å². The van der Waals surface area contributed by atoms with Crippen LogP contribution in [0.15, 0.2) is 12.2 Å². The Hall–Kier alpha value is -1.12. The summed E-state index contributed by atoms with van der Waals surface area (Å²) in [5.41, 5.74) is 0. The summed E-state index contributed by atoms with van der Waals surface area (Å²) >= 11 is 0. The SMILES string of the molecule is CC(=O)O[C@@H]1C(=O)[C@H]2[C@@H]1[C@H]1C=C[C@@H]2C1. The fourth-order valence-electron chi connectivity index (χ4n) is 3.25. The minimum Gasteiger partial charge on any atom is -0.454 e. The molecular weight excluding hydrogens is 180 g/mol. The molecule has 0 radical (unpaired) electrons. The van der Waals surface area contributed by atoms with Crippen molar-refractivity contribution in [3.05, 3.63) is 12.2 Å². The van der Waals surface area contributed by atoms with Gasteiger partial charge in [0.2, 0.25) is 0 Å². The molecule has 74 valence electrons. The van der Waals surface area contributed by atoms with Gasteiger partial charge in [-0.15, -0.1) is 0 Å². The minimum absolute atomic E-state index is 0.141. The third-order valence-corrected chi connectivity index (χ3v) is 3.77. The highest BCUT2D eigenvalue weighted by Crippen LogP contribution is 2.56. The van der Waals surface area contributed by atoms with Crippen molar-refractivity contribution < 1.29 is 14.3 Å². The standard InChI is InChI=1S/C11H12O3/c1-5(12)14-11-9-7-3-2-6(4-7)8(9)10(11)13/h2-3,6-9,11H,4H2,1H3/t6-,7+,8-,9+,11+/m1/s1. The normalized spacial score (nSPS) is 47.5. The zero-order valence-corrected chi connectivity index (χ0v) is 7.97. The Balaban J connectivity index is 1.82. The Bertz CT molecular complexity index is 344. The molecule has 2 fully saturated rings. The first-order valence-electron chi connectivity index (χ1n) is 5.08. The van der Waals surface area contributed by atoms with E-state index >= 15 is 0 Å². The summed E-state index contributed by atoms with van der Waals surface area (Å²) < 4.78 is 5.04. The van der Waals surface area contributed by atoms with Gasteiger partial charge in [-0.25, -0.2) is 0 Å². The van der Waals surface area contributed by atoms with Crippen LogP contribution in [0.3, 0.4) is 0 Å². The highest BCUT2D eigenvalue weighted by atomic mass is 16.5. The second-order valence-electron chi connectivity index (χ2n) is 4.48. The maximum atomic E-state index is 11.7. The molecule has 2 bridgehead atoms. The molecule has 0 N–H and O–H groups in total. The zero-order chi connectivity index (χ0) is 9.87. The van der Waals surface area contributed by atoms with Crippen molar-refractivity contribution in [2.24, 2.45) is 23.7 Å². The van der Waals surface area contributed by atoms with Crippen LogP contribution in [-0.4, -0.2) is 17.9 Å². The number of hydrogen-bond acceptors (Lipinski definition) is 3. The van der Waals surface area contributed by atoms with Crippen LogP contribution in [0.5, 0.6) is 0 Å². The molecule has 3 heteroatoms. The van der Waals surface area contributed by atoms with Gasteiger partial charge in [-0.1, -0.05) is 12.2 Å². The Kier molecular flexibility index (Phi) is 1.45. The van der Waals surface area contributed by atoms with E-state index in [1.807, 2.05) is 0 Å². The molecule has 0 aromatic heterocycles. The van der Waals surface area contributed by atoms with Crippen molar-refractivity contribution in [2.75, 3.05) is 0 Å². The van der Waals surface area contributed by atoms with Gasteiger partial charge in [-0.3, -0.25) is 9.59 Å².